The number of pyridine rings is 1. The summed E-state index contributed by atoms with van der Waals surface area (Å²) in [4.78, 5) is 20.9. The van der Waals surface area contributed by atoms with E-state index in [1.165, 1.54) is 11.3 Å². The van der Waals surface area contributed by atoms with Gasteiger partial charge in [0.2, 0.25) is 5.91 Å². The number of nitrogens with two attached hydrogens (primary N) is 1. The zero-order valence-electron chi connectivity index (χ0n) is 14.0. The molecule has 0 aliphatic carbocycles. The largest absolute Gasteiger partial charge is 0.346 e. The van der Waals surface area contributed by atoms with E-state index in [0.717, 1.165) is 32.0 Å². The molecule has 6 heteroatoms. The minimum Gasteiger partial charge on any atom is -0.346 e. The van der Waals surface area contributed by atoms with E-state index in [1.807, 2.05) is 60.8 Å². The Balaban J connectivity index is 1.48. The Labute approximate surface area is 154 Å². The lowest BCUT2D eigenvalue weighted by Gasteiger charge is -2.11. The van der Waals surface area contributed by atoms with Gasteiger partial charge in [-0.05, 0) is 36.2 Å². The number of nitrogens with zero attached hydrogens (tertiary/aromatic N) is 1. The van der Waals surface area contributed by atoms with Crippen molar-refractivity contribution >= 4 is 33.3 Å². The molecule has 0 saturated carbocycles. The van der Waals surface area contributed by atoms with Gasteiger partial charge in [-0.25, -0.2) is 4.98 Å². The van der Waals surface area contributed by atoms with Gasteiger partial charge in [0, 0.05) is 28.2 Å². The average Bonchev–Trinajstić information content (AvgIpc) is 3.31. The first-order valence-corrected chi connectivity index (χ1v) is 9.15. The fraction of sp³-hybridized carbons (Fsp3) is 0.100. The van der Waals surface area contributed by atoms with Crippen LogP contribution < -0.4 is 11.1 Å². The van der Waals surface area contributed by atoms with E-state index in [-0.39, 0.29) is 5.91 Å². The van der Waals surface area contributed by atoms with Crippen LogP contribution in [-0.2, 0) is 11.2 Å². The van der Waals surface area contributed by atoms with Crippen molar-refractivity contribution in [3.8, 4) is 10.4 Å². The zero-order valence-corrected chi connectivity index (χ0v) is 14.8. The molecule has 1 unspecified atom stereocenters. The lowest BCUT2D eigenvalue weighted by atomic mass is 10.1. The van der Waals surface area contributed by atoms with Gasteiger partial charge in [0.15, 0.2) is 0 Å². The fourth-order valence-electron chi connectivity index (χ4n) is 2.90. The second-order valence-electron chi connectivity index (χ2n) is 6.05. The number of aromatic amines is 1. The molecular formula is C20H18N4OS. The topological polar surface area (TPSA) is 83.8 Å². The van der Waals surface area contributed by atoms with Gasteiger partial charge in [0.1, 0.15) is 5.65 Å². The third kappa shape index (κ3) is 3.37. The minimum absolute atomic E-state index is 0.177. The number of amides is 1. The molecule has 0 bridgehead atoms. The Morgan fingerprint density at radius 2 is 2.00 bits per heavy atom. The molecule has 0 fully saturated rings. The normalized spacial score (nSPS) is 12.2. The summed E-state index contributed by atoms with van der Waals surface area (Å²) in [6.07, 6.45) is 4.17. The Morgan fingerprint density at radius 1 is 1.15 bits per heavy atom. The van der Waals surface area contributed by atoms with Crippen LogP contribution in [0.4, 0.5) is 5.00 Å². The number of hydrogen-bond acceptors (Lipinski definition) is 4. The number of carbonyl (C=O) groups excluding carboxylic acids is 1. The SMILES string of the molecule is NC(Cc1ccccc1)C(=O)Nc1ccc(-c2ccnc3[nH]ccc23)s1. The van der Waals surface area contributed by atoms with Crippen LogP contribution in [0.15, 0.2) is 67.0 Å². The van der Waals surface area contributed by atoms with E-state index in [9.17, 15) is 4.79 Å². The molecule has 1 atom stereocenters. The molecule has 4 N–H and O–H groups in total. The van der Waals surface area contributed by atoms with Crippen LogP contribution in [0.1, 0.15) is 5.56 Å². The molecule has 1 amide bonds. The average molecular weight is 362 g/mol. The van der Waals surface area contributed by atoms with Gasteiger partial charge >= 0.3 is 0 Å². The predicted octanol–water partition coefficient (Wildman–Crippen LogP) is 3.80. The number of nitrogens with one attached hydrogen (secondary N) is 2. The summed E-state index contributed by atoms with van der Waals surface area (Å²) in [6.45, 7) is 0. The highest BCUT2D eigenvalue weighted by atomic mass is 32.1. The molecule has 0 radical (unpaired) electrons. The Morgan fingerprint density at radius 3 is 2.85 bits per heavy atom. The van der Waals surface area contributed by atoms with Crippen molar-refractivity contribution in [2.75, 3.05) is 5.32 Å². The molecule has 0 saturated heterocycles. The van der Waals surface area contributed by atoms with Crippen molar-refractivity contribution in [3.05, 3.63) is 72.6 Å². The van der Waals surface area contributed by atoms with Crippen LogP contribution in [-0.4, -0.2) is 21.9 Å². The maximum absolute atomic E-state index is 12.4. The van der Waals surface area contributed by atoms with Gasteiger partial charge in [0.25, 0.3) is 0 Å². The zero-order chi connectivity index (χ0) is 17.9. The van der Waals surface area contributed by atoms with Crippen molar-refractivity contribution in [2.45, 2.75) is 12.5 Å². The van der Waals surface area contributed by atoms with Gasteiger partial charge in [-0.3, -0.25) is 4.79 Å². The lowest BCUT2D eigenvalue weighted by Crippen LogP contribution is -2.37. The predicted molar refractivity (Wildman–Crippen MR) is 106 cm³/mol. The minimum atomic E-state index is -0.583. The Hall–Kier alpha value is -2.96. The molecular weight excluding hydrogens is 344 g/mol. The number of rotatable bonds is 5. The van der Waals surface area contributed by atoms with Crippen LogP contribution in [0, 0.1) is 0 Å². The highest BCUT2D eigenvalue weighted by Crippen LogP contribution is 2.35. The number of fused-ring (bicyclic) bond motifs is 1. The first-order chi connectivity index (χ1) is 12.7. The molecule has 3 aromatic heterocycles. The van der Waals surface area contributed by atoms with Crippen molar-refractivity contribution in [1.82, 2.24) is 9.97 Å². The van der Waals surface area contributed by atoms with Gasteiger partial charge in [-0.15, -0.1) is 11.3 Å². The van der Waals surface area contributed by atoms with Gasteiger partial charge in [-0.2, -0.15) is 0 Å². The van der Waals surface area contributed by atoms with Gasteiger partial charge < -0.3 is 16.0 Å². The first kappa shape index (κ1) is 16.5. The van der Waals surface area contributed by atoms with E-state index in [1.54, 1.807) is 6.20 Å². The number of anilines is 1. The quantitative estimate of drug-likeness (QED) is 0.505. The molecule has 0 aliphatic rings. The maximum Gasteiger partial charge on any atom is 0.242 e. The number of benzene rings is 1. The van der Waals surface area contributed by atoms with Crippen LogP contribution in [0.3, 0.4) is 0 Å². The van der Waals surface area contributed by atoms with Crippen molar-refractivity contribution in [2.24, 2.45) is 5.73 Å². The molecule has 1 aromatic carbocycles. The second kappa shape index (κ2) is 7.11. The molecule has 5 nitrogen and oxygen atoms in total. The fourth-order valence-corrected chi connectivity index (χ4v) is 3.85. The Bertz CT molecular complexity index is 1040. The number of aromatic nitrogens is 2. The van der Waals surface area contributed by atoms with E-state index >= 15 is 0 Å². The van der Waals surface area contributed by atoms with E-state index in [4.69, 9.17) is 5.73 Å². The lowest BCUT2D eigenvalue weighted by molar-refractivity contribution is -0.117. The third-order valence-corrected chi connectivity index (χ3v) is 5.25. The standard InChI is InChI=1S/C20H18N4OS/c21-16(12-13-4-2-1-3-5-13)20(25)24-18-7-6-17(26-18)14-8-10-22-19-15(14)9-11-23-19/h1-11,16H,12,21H2,(H,22,23)(H,24,25). The monoisotopic (exact) mass is 362 g/mol. The number of hydrogen-bond donors (Lipinski definition) is 3. The summed E-state index contributed by atoms with van der Waals surface area (Å²) >= 11 is 1.53. The molecule has 0 aliphatic heterocycles. The van der Waals surface area contributed by atoms with E-state index in [0.29, 0.717) is 6.42 Å². The summed E-state index contributed by atoms with van der Waals surface area (Å²) in [5.74, 6) is -0.177. The molecule has 0 spiro atoms. The van der Waals surface area contributed by atoms with Crippen LogP contribution in [0.2, 0.25) is 0 Å². The molecule has 130 valence electrons. The number of H-pyrrole nitrogens is 1. The van der Waals surface area contributed by atoms with Gasteiger partial charge in [0.05, 0.1) is 11.0 Å². The second-order valence-corrected chi connectivity index (χ2v) is 7.13. The summed E-state index contributed by atoms with van der Waals surface area (Å²) in [6, 6.07) is 17.1. The molecule has 4 rings (SSSR count). The smallest absolute Gasteiger partial charge is 0.242 e. The van der Waals surface area contributed by atoms with Crippen molar-refractivity contribution in [3.63, 3.8) is 0 Å². The summed E-state index contributed by atoms with van der Waals surface area (Å²) in [5.41, 5.74) is 9.05. The van der Waals surface area contributed by atoms with Gasteiger partial charge in [-0.1, -0.05) is 30.3 Å². The first-order valence-electron chi connectivity index (χ1n) is 8.33. The highest BCUT2D eigenvalue weighted by molar-refractivity contribution is 7.19. The maximum atomic E-state index is 12.4. The van der Waals surface area contributed by atoms with Crippen LogP contribution in [0.5, 0.6) is 0 Å². The van der Waals surface area contributed by atoms with Crippen LogP contribution in [0.25, 0.3) is 21.5 Å². The van der Waals surface area contributed by atoms with Crippen LogP contribution >= 0.6 is 11.3 Å². The van der Waals surface area contributed by atoms with E-state index < -0.39 is 6.04 Å². The summed E-state index contributed by atoms with van der Waals surface area (Å²) in [7, 11) is 0. The number of thiophene rings is 1. The van der Waals surface area contributed by atoms with Crippen molar-refractivity contribution in [1.29, 1.82) is 0 Å². The summed E-state index contributed by atoms with van der Waals surface area (Å²) in [5, 5.41) is 4.77. The summed E-state index contributed by atoms with van der Waals surface area (Å²) < 4.78 is 0. The van der Waals surface area contributed by atoms with Crippen molar-refractivity contribution < 1.29 is 4.79 Å². The molecule has 26 heavy (non-hydrogen) atoms. The Kier molecular flexibility index (Phi) is 4.51. The highest BCUT2D eigenvalue weighted by Gasteiger charge is 2.16. The molecule has 4 aromatic rings. The third-order valence-electron chi connectivity index (χ3n) is 4.21. The molecule has 3 heterocycles. The number of carbonyl (C=O) groups is 1. The van der Waals surface area contributed by atoms with E-state index in [2.05, 4.69) is 15.3 Å².